The Morgan fingerprint density at radius 1 is 1.38 bits per heavy atom. The highest BCUT2D eigenvalue weighted by atomic mass is 32.1. The predicted molar refractivity (Wildman–Crippen MR) is 93.8 cm³/mol. The van der Waals surface area contributed by atoms with Crippen LogP contribution in [-0.2, 0) is 6.42 Å². The lowest BCUT2D eigenvalue weighted by Crippen LogP contribution is -2.49. The topological polar surface area (TPSA) is 84.6 Å². The van der Waals surface area contributed by atoms with E-state index >= 15 is 0 Å². The molecular weight excluding hydrogens is 326 g/mol. The Bertz CT molecular complexity index is 697. The van der Waals surface area contributed by atoms with Crippen molar-refractivity contribution in [3.63, 3.8) is 0 Å². The summed E-state index contributed by atoms with van der Waals surface area (Å²) < 4.78 is 5.24. The molecule has 128 valence electrons. The minimum atomic E-state index is -0.00669. The van der Waals surface area contributed by atoms with Gasteiger partial charge in [-0.25, -0.2) is 9.97 Å². The average Bonchev–Trinajstić information content (AvgIpc) is 3.10. The Labute approximate surface area is 145 Å². The largest absolute Gasteiger partial charge is 0.497 e. The van der Waals surface area contributed by atoms with Gasteiger partial charge in [-0.3, -0.25) is 4.79 Å². The molecule has 24 heavy (non-hydrogen) atoms. The summed E-state index contributed by atoms with van der Waals surface area (Å²) in [6.07, 6.45) is 2.45. The molecule has 8 heteroatoms. The first-order valence-corrected chi connectivity index (χ1v) is 8.78. The number of pyridine rings is 1. The molecule has 1 amide bonds. The lowest BCUT2D eigenvalue weighted by atomic mass is 10.2. The monoisotopic (exact) mass is 347 g/mol. The molecule has 0 atom stereocenters. The number of amides is 1. The third-order valence-corrected chi connectivity index (χ3v) is 4.88. The van der Waals surface area contributed by atoms with Gasteiger partial charge in [-0.15, -0.1) is 11.3 Å². The van der Waals surface area contributed by atoms with Crippen LogP contribution in [0.5, 0.6) is 5.75 Å². The van der Waals surface area contributed by atoms with Crippen molar-refractivity contribution in [2.75, 3.05) is 44.7 Å². The SMILES string of the molecule is COc1ccnc(N2CCN(C(=O)c3csc(CCN)n3)CC2)c1. The van der Waals surface area contributed by atoms with Crippen molar-refractivity contribution in [2.45, 2.75) is 6.42 Å². The molecule has 0 bridgehead atoms. The van der Waals surface area contributed by atoms with E-state index in [1.807, 2.05) is 22.4 Å². The van der Waals surface area contributed by atoms with E-state index in [1.54, 1.807) is 13.3 Å². The molecule has 2 aromatic heterocycles. The maximum Gasteiger partial charge on any atom is 0.273 e. The van der Waals surface area contributed by atoms with Gasteiger partial charge in [0.15, 0.2) is 0 Å². The van der Waals surface area contributed by atoms with Gasteiger partial charge in [-0.1, -0.05) is 0 Å². The fraction of sp³-hybridized carbons (Fsp3) is 0.438. The number of methoxy groups -OCH3 is 1. The summed E-state index contributed by atoms with van der Waals surface area (Å²) in [5.41, 5.74) is 6.06. The van der Waals surface area contributed by atoms with Crippen LogP contribution in [0.2, 0.25) is 0 Å². The Balaban J connectivity index is 1.60. The molecule has 0 aliphatic carbocycles. The van der Waals surface area contributed by atoms with E-state index in [9.17, 15) is 4.79 Å². The number of carbonyl (C=O) groups excluding carboxylic acids is 1. The van der Waals surface area contributed by atoms with E-state index < -0.39 is 0 Å². The third kappa shape index (κ3) is 3.65. The van der Waals surface area contributed by atoms with Crippen LogP contribution in [0.1, 0.15) is 15.5 Å². The molecule has 0 saturated carbocycles. The Hall–Kier alpha value is -2.19. The highest BCUT2D eigenvalue weighted by molar-refractivity contribution is 7.09. The summed E-state index contributed by atoms with van der Waals surface area (Å²) in [5, 5.41) is 2.74. The molecule has 0 unspecified atom stereocenters. The van der Waals surface area contributed by atoms with Gasteiger partial charge in [-0.2, -0.15) is 0 Å². The smallest absolute Gasteiger partial charge is 0.273 e. The number of aromatic nitrogens is 2. The fourth-order valence-corrected chi connectivity index (χ4v) is 3.44. The predicted octanol–water partition coefficient (Wildman–Crippen LogP) is 1.01. The van der Waals surface area contributed by atoms with Crippen molar-refractivity contribution in [3.8, 4) is 5.75 Å². The molecule has 1 saturated heterocycles. The van der Waals surface area contributed by atoms with E-state index in [1.165, 1.54) is 11.3 Å². The van der Waals surface area contributed by atoms with Crippen LogP contribution in [0, 0.1) is 0 Å². The zero-order valence-corrected chi connectivity index (χ0v) is 14.5. The van der Waals surface area contributed by atoms with Crippen molar-refractivity contribution >= 4 is 23.1 Å². The van der Waals surface area contributed by atoms with Crippen molar-refractivity contribution in [1.82, 2.24) is 14.9 Å². The quantitative estimate of drug-likeness (QED) is 0.869. The van der Waals surface area contributed by atoms with Crippen LogP contribution < -0.4 is 15.4 Å². The minimum absolute atomic E-state index is 0.00669. The molecule has 2 N–H and O–H groups in total. The standard InChI is InChI=1S/C16H21N5O2S/c1-23-12-3-5-18-14(10-12)20-6-8-21(9-7-20)16(22)13-11-24-15(19-13)2-4-17/h3,5,10-11H,2,4,6-9,17H2,1H3. The number of anilines is 1. The van der Waals surface area contributed by atoms with Crippen LogP contribution in [0.3, 0.4) is 0 Å². The van der Waals surface area contributed by atoms with Crippen molar-refractivity contribution in [1.29, 1.82) is 0 Å². The van der Waals surface area contributed by atoms with E-state index in [-0.39, 0.29) is 5.91 Å². The minimum Gasteiger partial charge on any atom is -0.497 e. The van der Waals surface area contributed by atoms with Crippen LogP contribution in [0.15, 0.2) is 23.7 Å². The highest BCUT2D eigenvalue weighted by Gasteiger charge is 2.24. The molecule has 3 heterocycles. The maximum absolute atomic E-state index is 12.5. The highest BCUT2D eigenvalue weighted by Crippen LogP contribution is 2.20. The average molecular weight is 347 g/mol. The van der Waals surface area contributed by atoms with Crippen LogP contribution in [0.4, 0.5) is 5.82 Å². The summed E-state index contributed by atoms with van der Waals surface area (Å²) in [6, 6.07) is 3.74. The molecule has 0 radical (unpaired) electrons. The van der Waals surface area contributed by atoms with E-state index in [0.717, 1.165) is 29.7 Å². The first kappa shape index (κ1) is 16.7. The lowest BCUT2D eigenvalue weighted by molar-refractivity contribution is 0.0741. The second-order valence-corrected chi connectivity index (χ2v) is 6.44. The zero-order chi connectivity index (χ0) is 16.9. The molecule has 0 spiro atoms. The van der Waals surface area contributed by atoms with Crippen LogP contribution >= 0.6 is 11.3 Å². The lowest BCUT2D eigenvalue weighted by Gasteiger charge is -2.35. The summed E-state index contributed by atoms with van der Waals surface area (Å²) in [4.78, 5) is 25.3. The second kappa shape index (κ2) is 7.59. The number of hydrogen-bond donors (Lipinski definition) is 1. The number of thiazole rings is 1. The van der Waals surface area contributed by atoms with Gasteiger partial charge in [-0.05, 0) is 12.6 Å². The number of ether oxygens (including phenoxy) is 1. The van der Waals surface area contributed by atoms with Crippen molar-refractivity contribution < 1.29 is 9.53 Å². The van der Waals surface area contributed by atoms with E-state index in [0.29, 0.717) is 31.7 Å². The number of carbonyl (C=O) groups is 1. The molecule has 0 aromatic carbocycles. The first-order chi connectivity index (χ1) is 11.7. The molecule has 1 fully saturated rings. The van der Waals surface area contributed by atoms with Gasteiger partial charge in [0, 0.05) is 50.2 Å². The third-order valence-electron chi connectivity index (χ3n) is 3.97. The number of hydrogen-bond acceptors (Lipinski definition) is 7. The van der Waals surface area contributed by atoms with Gasteiger partial charge in [0.25, 0.3) is 5.91 Å². The number of piperazine rings is 1. The van der Waals surface area contributed by atoms with Gasteiger partial charge in [0.05, 0.1) is 12.1 Å². The maximum atomic E-state index is 12.5. The van der Waals surface area contributed by atoms with Gasteiger partial charge in [0.2, 0.25) is 0 Å². The normalized spacial score (nSPS) is 14.8. The molecule has 1 aliphatic rings. The summed E-state index contributed by atoms with van der Waals surface area (Å²) in [7, 11) is 1.64. The zero-order valence-electron chi connectivity index (χ0n) is 13.6. The van der Waals surface area contributed by atoms with Crippen LogP contribution in [-0.4, -0.2) is 60.6 Å². The van der Waals surface area contributed by atoms with Gasteiger partial charge < -0.3 is 20.3 Å². The van der Waals surface area contributed by atoms with Gasteiger partial charge >= 0.3 is 0 Å². The van der Waals surface area contributed by atoms with Crippen LogP contribution in [0.25, 0.3) is 0 Å². The Morgan fingerprint density at radius 3 is 2.88 bits per heavy atom. The molecule has 3 rings (SSSR count). The Kier molecular flexibility index (Phi) is 5.27. The molecule has 2 aromatic rings. The second-order valence-electron chi connectivity index (χ2n) is 5.50. The van der Waals surface area contributed by atoms with E-state index in [4.69, 9.17) is 10.5 Å². The molecule has 1 aliphatic heterocycles. The number of rotatable bonds is 5. The molecule has 7 nitrogen and oxygen atoms in total. The van der Waals surface area contributed by atoms with E-state index in [2.05, 4.69) is 14.9 Å². The van der Waals surface area contributed by atoms with Crippen molar-refractivity contribution in [2.24, 2.45) is 5.73 Å². The summed E-state index contributed by atoms with van der Waals surface area (Å²) in [5.74, 6) is 1.65. The first-order valence-electron chi connectivity index (χ1n) is 7.90. The number of nitrogens with zero attached hydrogens (tertiary/aromatic N) is 4. The molecular formula is C16H21N5O2S. The summed E-state index contributed by atoms with van der Waals surface area (Å²) in [6.45, 7) is 3.34. The summed E-state index contributed by atoms with van der Waals surface area (Å²) >= 11 is 1.50. The van der Waals surface area contributed by atoms with Gasteiger partial charge in [0.1, 0.15) is 17.3 Å². The van der Waals surface area contributed by atoms with Crippen molar-refractivity contribution in [3.05, 3.63) is 34.4 Å². The Morgan fingerprint density at radius 2 is 2.17 bits per heavy atom. The number of nitrogens with two attached hydrogens (primary N) is 1. The fourth-order valence-electron chi connectivity index (χ4n) is 2.65.